The lowest BCUT2D eigenvalue weighted by Crippen LogP contribution is -2.47. The summed E-state index contributed by atoms with van der Waals surface area (Å²) in [7, 11) is 8.82. The molecule has 0 aliphatic heterocycles. The number of ether oxygens (including phenoxy) is 2. The number of quaternary nitrogens is 2. The molecule has 0 fully saturated rings. The van der Waals surface area contributed by atoms with Crippen molar-refractivity contribution in [3.63, 3.8) is 0 Å². The van der Waals surface area contributed by atoms with Crippen molar-refractivity contribution in [2.45, 2.75) is 154 Å². The second kappa shape index (κ2) is 26.6. The summed E-state index contributed by atoms with van der Waals surface area (Å²) in [5.74, 6) is 1.45. The summed E-state index contributed by atoms with van der Waals surface area (Å²) in [4.78, 5) is 0. The molecular weight excluding hydrogens is 572 g/mol. The molecule has 2 unspecified atom stereocenters. The quantitative estimate of drug-likeness (QED) is 0.0603. The molecule has 6 heteroatoms. The molecular formula is C40H78N2O4+2. The number of likely N-dealkylation sites (N-methyl/N-ethyl adjacent to an activating group) is 2. The van der Waals surface area contributed by atoms with Crippen molar-refractivity contribution >= 4 is 0 Å². The van der Waals surface area contributed by atoms with E-state index in [1.54, 1.807) is 0 Å². The normalized spacial score (nSPS) is 13.6. The number of unbranched alkanes of at least 4 members (excludes halogenated alkanes) is 18. The summed E-state index contributed by atoms with van der Waals surface area (Å²) in [6, 6.07) is 7.51. The minimum Gasteiger partial charge on any atom is -0.491 e. The molecule has 46 heavy (non-hydrogen) atoms. The minimum absolute atomic E-state index is 0.282. The van der Waals surface area contributed by atoms with E-state index in [0.717, 1.165) is 33.6 Å². The van der Waals surface area contributed by atoms with Gasteiger partial charge < -0.3 is 28.7 Å². The standard InChI is InChI=1S/C40H78N2O4/c1-7-9-11-13-15-17-19-21-23-25-31-41(3,4)33-37(43)35-45-39-27-29-40(30-28-39)46-36-38(44)34-42(5,6)32-26-24-22-20-18-16-14-12-10-8-2/h27-30,37-38,43-44H,7-26,31-36H2,1-6H3/q+2. The van der Waals surface area contributed by atoms with E-state index >= 15 is 0 Å². The van der Waals surface area contributed by atoms with E-state index in [0.29, 0.717) is 13.1 Å². The Bertz CT molecular complexity index is 747. The van der Waals surface area contributed by atoms with Gasteiger partial charge in [-0.05, 0) is 49.9 Å². The van der Waals surface area contributed by atoms with Gasteiger partial charge in [-0.15, -0.1) is 0 Å². The molecule has 2 N–H and O–H groups in total. The third kappa shape index (κ3) is 24.8. The summed E-state index contributed by atoms with van der Waals surface area (Å²) in [5.41, 5.74) is 0. The van der Waals surface area contributed by atoms with Gasteiger partial charge >= 0.3 is 0 Å². The van der Waals surface area contributed by atoms with Gasteiger partial charge in [-0.2, -0.15) is 0 Å². The van der Waals surface area contributed by atoms with Crippen LogP contribution in [0.1, 0.15) is 142 Å². The highest BCUT2D eigenvalue weighted by Crippen LogP contribution is 2.19. The van der Waals surface area contributed by atoms with Crippen LogP contribution in [0.2, 0.25) is 0 Å². The van der Waals surface area contributed by atoms with Gasteiger partial charge in [0.1, 0.15) is 50.0 Å². The zero-order valence-corrected chi connectivity index (χ0v) is 31.5. The van der Waals surface area contributed by atoms with Gasteiger partial charge in [0.25, 0.3) is 0 Å². The van der Waals surface area contributed by atoms with E-state index in [-0.39, 0.29) is 13.2 Å². The van der Waals surface area contributed by atoms with Gasteiger partial charge in [-0.1, -0.05) is 117 Å². The van der Waals surface area contributed by atoms with Crippen molar-refractivity contribution in [2.24, 2.45) is 0 Å². The largest absolute Gasteiger partial charge is 0.491 e. The topological polar surface area (TPSA) is 58.9 Å². The Balaban J connectivity index is 2.17. The molecule has 0 aliphatic carbocycles. The molecule has 0 bridgehead atoms. The van der Waals surface area contributed by atoms with Crippen LogP contribution in [-0.2, 0) is 0 Å². The highest BCUT2D eigenvalue weighted by atomic mass is 16.5. The molecule has 6 nitrogen and oxygen atoms in total. The van der Waals surface area contributed by atoms with Crippen LogP contribution in [0.25, 0.3) is 0 Å². The van der Waals surface area contributed by atoms with Crippen molar-refractivity contribution in [2.75, 3.05) is 67.6 Å². The molecule has 0 spiro atoms. The van der Waals surface area contributed by atoms with Gasteiger partial charge in [0.05, 0.1) is 41.3 Å². The maximum Gasteiger partial charge on any atom is 0.137 e. The lowest BCUT2D eigenvalue weighted by atomic mass is 10.1. The van der Waals surface area contributed by atoms with Crippen molar-refractivity contribution in [1.29, 1.82) is 0 Å². The predicted molar refractivity (Wildman–Crippen MR) is 197 cm³/mol. The number of benzene rings is 1. The van der Waals surface area contributed by atoms with Gasteiger partial charge in [-0.25, -0.2) is 0 Å². The van der Waals surface area contributed by atoms with Crippen LogP contribution in [0.5, 0.6) is 11.5 Å². The first-order valence-corrected chi connectivity index (χ1v) is 19.4. The molecule has 270 valence electrons. The highest BCUT2D eigenvalue weighted by molar-refractivity contribution is 5.31. The Morgan fingerprint density at radius 3 is 1.00 bits per heavy atom. The van der Waals surface area contributed by atoms with E-state index in [1.807, 2.05) is 24.3 Å². The van der Waals surface area contributed by atoms with Crippen molar-refractivity contribution in [1.82, 2.24) is 0 Å². The van der Waals surface area contributed by atoms with E-state index < -0.39 is 12.2 Å². The fourth-order valence-corrected chi connectivity index (χ4v) is 6.50. The van der Waals surface area contributed by atoms with E-state index in [2.05, 4.69) is 42.0 Å². The Hall–Kier alpha value is -1.34. The first kappa shape index (κ1) is 42.7. The summed E-state index contributed by atoms with van der Waals surface area (Å²) >= 11 is 0. The Labute approximate surface area is 286 Å². The molecule has 0 radical (unpaired) electrons. The molecule has 0 saturated carbocycles. The Kier molecular flexibility index (Phi) is 24.7. The van der Waals surface area contributed by atoms with Crippen LogP contribution >= 0.6 is 0 Å². The van der Waals surface area contributed by atoms with Crippen LogP contribution in [0.15, 0.2) is 24.3 Å². The average Bonchev–Trinajstić information content (AvgIpc) is 3.01. The maximum absolute atomic E-state index is 10.6. The van der Waals surface area contributed by atoms with Crippen LogP contribution in [0, 0.1) is 0 Å². The second-order valence-corrected chi connectivity index (χ2v) is 15.4. The minimum atomic E-state index is -0.508. The first-order chi connectivity index (χ1) is 22.1. The van der Waals surface area contributed by atoms with Gasteiger partial charge in [-0.3, -0.25) is 0 Å². The lowest BCUT2D eigenvalue weighted by Gasteiger charge is -2.32. The molecule has 0 amide bonds. The molecule has 0 aliphatic rings. The second-order valence-electron chi connectivity index (χ2n) is 15.4. The fourth-order valence-electron chi connectivity index (χ4n) is 6.50. The van der Waals surface area contributed by atoms with Gasteiger partial charge in [0, 0.05) is 0 Å². The maximum atomic E-state index is 10.6. The molecule has 1 aromatic rings. The lowest BCUT2D eigenvalue weighted by molar-refractivity contribution is -0.893. The van der Waals surface area contributed by atoms with E-state index in [4.69, 9.17) is 9.47 Å². The predicted octanol–water partition coefficient (Wildman–Crippen LogP) is 9.16. The first-order valence-electron chi connectivity index (χ1n) is 19.4. The number of nitrogens with zero attached hydrogens (tertiary/aromatic N) is 2. The van der Waals surface area contributed by atoms with Crippen LogP contribution in [-0.4, -0.2) is 99.0 Å². The number of aliphatic hydroxyl groups excluding tert-OH is 2. The summed E-state index contributed by atoms with van der Waals surface area (Å²) in [6.07, 6.45) is 25.9. The number of hydrogen-bond acceptors (Lipinski definition) is 4. The molecule has 0 saturated heterocycles. The number of hydrogen-bond donors (Lipinski definition) is 2. The molecule has 1 rings (SSSR count). The third-order valence-electron chi connectivity index (χ3n) is 9.35. The smallest absolute Gasteiger partial charge is 0.137 e. The van der Waals surface area contributed by atoms with Gasteiger partial charge in [0.2, 0.25) is 0 Å². The Morgan fingerprint density at radius 2 is 0.717 bits per heavy atom. The van der Waals surface area contributed by atoms with Crippen LogP contribution in [0.4, 0.5) is 0 Å². The molecule has 0 aromatic heterocycles. The third-order valence-corrected chi connectivity index (χ3v) is 9.35. The molecule has 1 aromatic carbocycles. The Morgan fingerprint density at radius 1 is 0.457 bits per heavy atom. The molecule has 0 heterocycles. The monoisotopic (exact) mass is 651 g/mol. The summed E-state index contributed by atoms with van der Waals surface area (Å²) < 4.78 is 13.4. The zero-order chi connectivity index (χ0) is 33.9. The average molecular weight is 651 g/mol. The summed E-state index contributed by atoms with van der Waals surface area (Å²) in [6.45, 7) is 8.65. The zero-order valence-electron chi connectivity index (χ0n) is 31.5. The van der Waals surface area contributed by atoms with Crippen molar-refractivity contribution in [3.05, 3.63) is 24.3 Å². The SMILES string of the molecule is CCCCCCCCCCCC[N+](C)(C)CC(O)COc1ccc(OCC(O)C[N+](C)(C)CCCCCCCCCCCC)cc1. The van der Waals surface area contributed by atoms with Gasteiger partial charge in [0.15, 0.2) is 0 Å². The number of rotatable bonds is 32. The summed E-state index contributed by atoms with van der Waals surface area (Å²) in [5, 5.41) is 21.3. The van der Waals surface area contributed by atoms with Crippen LogP contribution < -0.4 is 9.47 Å². The van der Waals surface area contributed by atoms with E-state index in [9.17, 15) is 10.2 Å². The van der Waals surface area contributed by atoms with Crippen LogP contribution in [0.3, 0.4) is 0 Å². The number of aliphatic hydroxyl groups is 2. The fraction of sp³-hybridized carbons (Fsp3) is 0.850. The molecule has 2 atom stereocenters. The van der Waals surface area contributed by atoms with E-state index in [1.165, 1.54) is 128 Å². The highest BCUT2D eigenvalue weighted by Gasteiger charge is 2.22. The van der Waals surface area contributed by atoms with Crippen molar-refractivity contribution in [3.8, 4) is 11.5 Å². The van der Waals surface area contributed by atoms with Crippen molar-refractivity contribution < 1.29 is 28.7 Å².